The smallest absolute Gasteiger partial charge is 0.129 e. The van der Waals surface area contributed by atoms with Crippen LogP contribution >= 0.6 is 34.2 Å². The van der Waals surface area contributed by atoms with Crippen LogP contribution in [0.5, 0.6) is 5.75 Å². The summed E-state index contributed by atoms with van der Waals surface area (Å²) in [5.74, 6) is 1.54. The summed E-state index contributed by atoms with van der Waals surface area (Å²) < 4.78 is 7.33. The van der Waals surface area contributed by atoms with Crippen LogP contribution in [-0.4, -0.2) is 4.98 Å². The molecule has 4 rings (SSSR count). The quantitative estimate of drug-likeness (QED) is 0.320. The molecule has 1 saturated carbocycles. The number of nitrogens with zero attached hydrogens (tertiary/aromatic N) is 1. The summed E-state index contributed by atoms with van der Waals surface area (Å²) >= 11 is 8.56. The molecule has 1 aliphatic carbocycles. The predicted molar refractivity (Wildman–Crippen MR) is 129 cm³/mol. The third-order valence-electron chi connectivity index (χ3n) is 5.69. The fraction of sp³-hybridized carbons (Fsp3) is 0.320. The number of hydrogen-bond acceptors (Lipinski definition) is 2. The molecule has 29 heavy (non-hydrogen) atoms. The Balaban J connectivity index is 1.50. The molecule has 0 saturated heterocycles. The summed E-state index contributed by atoms with van der Waals surface area (Å²) in [7, 11) is 0. The number of halogens is 2. The molecule has 0 amide bonds. The van der Waals surface area contributed by atoms with Gasteiger partial charge in [0.2, 0.25) is 0 Å². The molecular formula is C25H25ClINO. The summed E-state index contributed by atoms with van der Waals surface area (Å²) in [5.41, 5.74) is 5.47. The molecule has 0 unspecified atom stereocenters. The Morgan fingerprint density at radius 3 is 2.48 bits per heavy atom. The molecule has 0 atom stereocenters. The van der Waals surface area contributed by atoms with Crippen molar-refractivity contribution in [3.8, 4) is 17.0 Å². The summed E-state index contributed by atoms with van der Waals surface area (Å²) in [6.07, 6.45) is 6.77. The Hall–Kier alpha value is -1.59. The minimum atomic E-state index is 0.531. The molecular weight excluding hydrogens is 493 g/mol. The molecule has 150 valence electrons. The molecule has 4 heteroatoms. The first-order chi connectivity index (χ1) is 14.1. The van der Waals surface area contributed by atoms with E-state index in [1.165, 1.54) is 43.2 Å². The van der Waals surface area contributed by atoms with Gasteiger partial charge < -0.3 is 4.74 Å². The number of aryl methyl sites for hydroxylation is 1. The Labute approximate surface area is 191 Å². The summed E-state index contributed by atoms with van der Waals surface area (Å²) in [5, 5.41) is 0.683. The topological polar surface area (TPSA) is 22.1 Å². The Morgan fingerprint density at radius 1 is 1.00 bits per heavy atom. The Bertz CT molecular complexity index is 981. The number of aromatic nitrogens is 1. The lowest BCUT2D eigenvalue weighted by Crippen LogP contribution is -2.05. The third-order valence-corrected chi connectivity index (χ3v) is 7.06. The van der Waals surface area contributed by atoms with Crippen LogP contribution in [0.3, 0.4) is 0 Å². The number of hydrogen-bond donors (Lipinski definition) is 0. The molecule has 0 spiro atoms. The van der Waals surface area contributed by atoms with E-state index >= 15 is 0 Å². The molecule has 3 aromatic rings. The van der Waals surface area contributed by atoms with E-state index in [4.69, 9.17) is 21.3 Å². The highest BCUT2D eigenvalue weighted by molar-refractivity contribution is 14.1. The maximum Gasteiger partial charge on any atom is 0.129 e. The highest BCUT2D eigenvalue weighted by atomic mass is 127. The van der Waals surface area contributed by atoms with E-state index in [2.05, 4.69) is 52.9 Å². The zero-order valence-corrected chi connectivity index (χ0v) is 19.5. The van der Waals surface area contributed by atoms with E-state index in [0.717, 1.165) is 32.2 Å². The van der Waals surface area contributed by atoms with Crippen LogP contribution in [0, 0.1) is 10.5 Å². The minimum absolute atomic E-state index is 0.531. The van der Waals surface area contributed by atoms with Gasteiger partial charge in [-0.05, 0) is 89.7 Å². The highest BCUT2D eigenvalue weighted by Crippen LogP contribution is 2.34. The molecule has 2 nitrogen and oxygen atoms in total. The molecule has 0 N–H and O–H groups in total. The number of pyridine rings is 1. The van der Waals surface area contributed by atoms with Crippen molar-refractivity contribution in [1.82, 2.24) is 4.98 Å². The van der Waals surface area contributed by atoms with E-state index in [1.54, 1.807) is 0 Å². The molecule has 0 bridgehead atoms. The first kappa shape index (κ1) is 20.7. The van der Waals surface area contributed by atoms with E-state index in [9.17, 15) is 0 Å². The van der Waals surface area contributed by atoms with Gasteiger partial charge >= 0.3 is 0 Å². The van der Waals surface area contributed by atoms with Crippen molar-refractivity contribution in [3.05, 3.63) is 80.0 Å². The van der Waals surface area contributed by atoms with Crippen LogP contribution in [0.1, 0.15) is 54.8 Å². The SMILES string of the molecule is Cc1nc(-c2cc(Cl)ccc2OCc2ccc(C3CCCCC3)cc2)ccc1I. The lowest BCUT2D eigenvalue weighted by Gasteiger charge is -2.22. The fourth-order valence-corrected chi connectivity index (χ4v) is 4.48. The number of ether oxygens (including phenoxy) is 1. The van der Waals surface area contributed by atoms with Crippen molar-refractivity contribution < 1.29 is 4.74 Å². The monoisotopic (exact) mass is 517 g/mol. The van der Waals surface area contributed by atoms with Gasteiger partial charge in [0, 0.05) is 14.2 Å². The normalized spacial score (nSPS) is 14.7. The zero-order chi connectivity index (χ0) is 20.2. The third kappa shape index (κ3) is 5.13. The van der Waals surface area contributed by atoms with Crippen molar-refractivity contribution in [2.75, 3.05) is 0 Å². The van der Waals surface area contributed by atoms with Crippen LogP contribution in [0.25, 0.3) is 11.3 Å². The molecule has 1 aromatic heterocycles. The van der Waals surface area contributed by atoms with Gasteiger partial charge in [0.15, 0.2) is 0 Å². The number of rotatable bonds is 5. The van der Waals surface area contributed by atoms with Gasteiger partial charge in [-0.2, -0.15) is 0 Å². The van der Waals surface area contributed by atoms with Gasteiger partial charge in [-0.3, -0.25) is 4.98 Å². The van der Waals surface area contributed by atoms with Crippen LogP contribution in [0.2, 0.25) is 5.02 Å². The van der Waals surface area contributed by atoms with E-state index in [0.29, 0.717) is 11.6 Å². The van der Waals surface area contributed by atoms with Crippen molar-refractivity contribution in [2.45, 2.75) is 51.6 Å². The predicted octanol–water partition coefficient (Wildman–Crippen LogP) is 7.94. The molecule has 1 aliphatic rings. The lowest BCUT2D eigenvalue weighted by molar-refractivity contribution is 0.307. The van der Waals surface area contributed by atoms with Crippen molar-refractivity contribution >= 4 is 34.2 Å². The van der Waals surface area contributed by atoms with Crippen LogP contribution in [-0.2, 0) is 6.61 Å². The van der Waals surface area contributed by atoms with Crippen LogP contribution in [0.4, 0.5) is 0 Å². The summed E-state index contributed by atoms with van der Waals surface area (Å²) in [6, 6.07) is 18.8. The minimum Gasteiger partial charge on any atom is -0.488 e. The standard InChI is InChI=1S/C25H25ClINO/c1-17-23(27)12-13-24(28-17)22-15-21(26)11-14-25(22)29-16-18-7-9-20(10-8-18)19-5-3-2-4-6-19/h7-15,19H,2-6,16H2,1H3. The Kier molecular flexibility index (Phi) is 6.76. The molecule has 1 heterocycles. The van der Waals surface area contributed by atoms with Gasteiger partial charge in [0.1, 0.15) is 12.4 Å². The van der Waals surface area contributed by atoms with Gasteiger partial charge in [-0.1, -0.05) is 55.1 Å². The van der Waals surface area contributed by atoms with Gasteiger partial charge in [-0.25, -0.2) is 0 Å². The average Bonchev–Trinajstić information content (AvgIpc) is 2.76. The highest BCUT2D eigenvalue weighted by Gasteiger charge is 2.15. The van der Waals surface area contributed by atoms with E-state index < -0.39 is 0 Å². The van der Waals surface area contributed by atoms with Crippen LogP contribution < -0.4 is 4.74 Å². The first-order valence-corrected chi connectivity index (χ1v) is 11.7. The molecule has 0 aliphatic heterocycles. The molecule has 1 fully saturated rings. The summed E-state index contributed by atoms with van der Waals surface area (Å²) in [6.45, 7) is 2.55. The molecule has 2 aromatic carbocycles. The second-order valence-electron chi connectivity index (χ2n) is 7.77. The van der Waals surface area contributed by atoms with Crippen molar-refractivity contribution in [2.24, 2.45) is 0 Å². The molecule has 0 radical (unpaired) electrons. The second-order valence-corrected chi connectivity index (χ2v) is 9.37. The second kappa shape index (κ2) is 9.48. The van der Waals surface area contributed by atoms with E-state index in [-0.39, 0.29) is 0 Å². The van der Waals surface area contributed by atoms with Crippen molar-refractivity contribution in [3.63, 3.8) is 0 Å². The van der Waals surface area contributed by atoms with E-state index in [1.807, 2.05) is 31.2 Å². The zero-order valence-electron chi connectivity index (χ0n) is 16.6. The average molecular weight is 518 g/mol. The van der Waals surface area contributed by atoms with Gasteiger partial charge in [0.05, 0.1) is 11.4 Å². The van der Waals surface area contributed by atoms with Gasteiger partial charge in [-0.15, -0.1) is 0 Å². The maximum absolute atomic E-state index is 6.26. The lowest BCUT2D eigenvalue weighted by atomic mass is 9.84. The van der Waals surface area contributed by atoms with Crippen molar-refractivity contribution in [1.29, 1.82) is 0 Å². The summed E-state index contributed by atoms with van der Waals surface area (Å²) in [4.78, 5) is 4.72. The maximum atomic E-state index is 6.26. The van der Waals surface area contributed by atoms with Gasteiger partial charge in [0.25, 0.3) is 0 Å². The Morgan fingerprint density at radius 2 is 1.76 bits per heavy atom. The number of benzene rings is 2. The largest absolute Gasteiger partial charge is 0.488 e. The fourth-order valence-electron chi connectivity index (χ4n) is 4.01. The van der Waals surface area contributed by atoms with Crippen LogP contribution in [0.15, 0.2) is 54.6 Å². The first-order valence-electron chi connectivity index (χ1n) is 10.2.